The minimum Gasteiger partial charge on any atom is -0.394 e. The van der Waals surface area contributed by atoms with E-state index in [0.29, 0.717) is 6.42 Å². The molecule has 1 heterocycles. The maximum absolute atomic E-state index is 9.54. The van der Waals surface area contributed by atoms with Gasteiger partial charge < -0.3 is 25.2 Å². The van der Waals surface area contributed by atoms with E-state index in [0.717, 1.165) is 6.42 Å². The Balaban J connectivity index is 2.63. The van der Waals surface area contributed by atoms with Gasteiger partial charge in [-0.3, -0.25) is 0 Å². The first-order valence-corrected chi connectivity index (χ1v) is 4.92. The van der Waals surface area contributed by atoms with Crippen LogP contribution in [0, 0.1) is 0 Å². The molecule has 0 spiro atoms. The fourth-order valence-electron chi connectivity index (χ4n) is 1.70. The molecule has 0 unspecified atom stereocenters. The monoisotopic (exact) mass is 206 g/mol. The van der Waals surface area contributed by atoms with Gasteiger partial charge in [-0.1, -0.05) is 13.3 Å². The molecule has 0 saturated carbocycles. The third-order valence-corrected chi connectivity index (χ3v) is 2.56. The molecule has 14 heavy (non-hydrogen) atoms. The molecule has 4 N–H and O–H groups in total. The Morgan fingerprint density at radius 1 is 1.00 bits per heavy atom. The van der Waals surface area contributed by atoms with Crippen molar-refractivity contribution < 1.29 is 25.2 Å². The van der Waals surface area contributed by atoms with Crippen LogP contribution in [-0.2, 0) is 4.74 Å². The summed E-state index contributed by atoms with van der Waals surface area (Å²) in [5, 5.41) is 37.3. The molecule has 0 amide bonds. The number of rotatable bonds is 3. The van der Waals surface area contributed by atoms with Gasteiger partial charge in [0, 0.05) is 0 Å². The van der Waals surface area contributed by atoms with Gasteiger partial charge in [0.2, 0.25) is 0 Å². The van der Waals surface area contributed by atoms with Crippen LogP contribution in [0.25, 0.3) is 0 Å². The highest BCUT2D eigenvalue weighted by atomic mass is 16.5. The minimum atomic E-state index is -1.24. The summed E-state index contributed by atoms with van der Waals surface area (Å²) < 4.78 is 5.26. The summed E-state index contributed by atoms with van der Waals surface area (Å²) >= 11 is 0. The van der Waals surface area contributed by atoms with E-state index in [4.69, 9.17) is 9.84 Å². The van der Waals surface area contributed by atoms with E-state index in [-0.39, 0.29) is 6.61 Å². The molecule has 5 atom stereocenters. The Morgan fingerprint density at radius 2 is 1.57 bits per heavy atom. The Hall–Kier alpha value is -0.200. The second kappa shape index (κ2) is 5.04. The summed E-state index contributed by atoms with van der Waals surface area (Å²) in [6, 6.07) is 0. The standard InChI is InChI=1S/C9H18O5/c1-2-3-5-7(11)9(13)8(12)6(4-10)14-5/h5-13H,2-4H2,1H3/t5-,6-,7+,8-,9-/m1/s1. The van der Waals surface area contributed by atoms with E-state index in [2.05, 4.69) is 0 Å². The SMILES string of the molecule is CCC[C@H]1O[C@H](CO)[C@@H](O)[C@H](O)[C@H]1O. The Morgan fingerprint density at radius 3 is 2.07 bits per heavy atom. The molecule has 0 aromatic heterocycles. The highest BCUT2D eigenvalue weighted by Crippen LogP contribution is 2.23. The Labute approximate surface area is 82.9 Å². The highest BCUT2D eigenvalue weighted by molar-refractivity contribution is 4.91. The van der Waals surface area contributed by atoms with Crippen LogP contribution in [0.1, 0.15) is 19.8 Å². The van der Waals surface area contributed by atoms with E-state index < -0.39 is 30.5 Å². The number of ether oxygens (including phenoxy) is 1. The molecule has 1 rings (SSSR count). The van der Waals surface area contributed by atoms with Crippen molar-refractivity contribution in [3.05, 3.63) is 0 Å². The summed E-state index contributed by atoms with van der Waals surface area (Å²) in [5.74, 6) is 0. The molecule has 0 bridgehead atoms. The van der Waals surface area contributed by atoms with Crippen LogP contribution >= 0.6 is 0 Å². The predicted molar refractivity (Wildman–Crippen MR) is 48.7 cm³/mol. The molecule has 5 nitrogen and oxygen atoms in total. The predicted octanol–water partition coefficient (Wildman–Crippen LogP) is -1.37. The maximum atomic E-state index is 9.54. The normalized spacial score (nSPS) is 43.9. The molecule has 1 aliphatic rings. The number of aliphatic hydroxyl groups is 4. The van der Waals surface area contributed by atoms with Crippen molar-refractivity contribution in [1.29, 1.82) is 0 Å². The van der Waals surface area contributed by atoms with E-state index in [9.17, 15) is 15.3 Å². The quantitative estimate of drug-likeness (QED) is 0.457. The van der Waals surface area contributed by atoms with Gasteiger partial charge in [-0.15, -0.1) is 0 Å². The molecule has 0 aliphatic carbocycles. The molecular weight excluding hydrogens is 188 g/mol. The number of aliphatic hydroxyl groups excluding tert-OH is 4. The van der Waals surface area contributed by atoms with Crippen molar-refractivity contribution in [1.82, 2.24) is 0 Å². The lowest BCUT2D eigenvalue weighted by Crippen LogP contribution is -2.58. The maximum Gasteiger partial charge on any atom is 0.111 e. The Kier molecular flexibility index (Phi) is 4.28. The zero-order valence-electron chi connectivity index (χ0n) is 8.21. The number of hydrogen-bond donors (Lipinski definition) is 4. The second-order valence-electron chi connectivity index (χ2n) is 3.66. The minimum absolute atomic E-state index is 0.356. The second-order valence-corrected chi connectivity index (χ2v) is 3.66. The first-order chi connectivity index (χ1) is 6.61. The molecule has 0 aromatic rings. The molecule has 0 aromatic carbocycles. The van der Waals surface area contributed by atoms with Gasteiger partial charge in [-0.2, -0.15) is 0 Å². The van der Waals surface area contributed by atoms with Crippen LogP contribution in [0.3, 0.4) is 0 Å². The fraction of sp³-hybridized carbons (Fsp3) is 1.00. The van der Waals surface area contributed by atoms with Gasteiger partial charge in [0.1, 0.15) is 24.4 Å². The van der Waals surface area contributed by atoms with E-state index >= 15 is 0 Å². The van der Waals surface area contributed by atoms with E-state index in [1.165, 1.54) is 0 Å². The highest BCUT2D eigenvalue weighted by Gasteiger charge is 2.42. The lowest BCUT2D eigenvalue weighted by atomic mass is 9.93. The van der Waals surface area contributed by atoms with Crippen LogP contribution in [0.4, 0.5) is 0 Å². The summed E-state index contributed by atoms with van der Waals surface area (Å²) in [6.45, 7) is 1.58. The zero-order chi connectivity index (χ0) is 10.7. The van der Waals surface area contributed by atoms with Crippen molar-refractivity contribution in [3.8, 4) is 0 Å². The average Bonchev–Trinajstić information content (AvgIpc) is 2.19. The third kappa shape index (κ3) is 2.24. The largest absolute Gasteiger partial charge is 0.394 e. The molecule has 0 radical (unpaired) electrons. The van der Waals surface area contributed by atoms with Crippen LogP contribution in [-0.4, -0.2) is 57.6 Å². The van der Waals surface area contributed by atoms with Crippen LogP contribution < -0.4 is 0 Å². The average molecular weight is 206 g/mol. The summed E-state index contributed by atoms with van der Waals surface area (Å²) in [6.07, 6.45) is -3.43. The van der Waals surface area contributed by atoms with Crippen LogP contribution in [0.5, 0.6) is 0 Å². The van der Waals surface area contributed by atoms with Gasteiger partial charge in [-0.25, -0.2) is 0 Å². The summed E-state index contributed by atoms with van der Waals surface area (Å²) in [7, 11) is 0. The van der Waals surface area contributed by atoms with E-state index in [1.807, 2.05) is 6.92 Å². The fourth-order valence-corrected chi connectivity index (χ4v) is 1.70. The molecule has 1 aliphatic heterocycles. The summed E-state index contributed by atoms with van der Waals surface area (Å²) in [5.41, 5.74) is 0. The van der Waals surface area contributed by atoms with Crippen molar-refractivity contribution in [2.45, 2.75) is 50.3 Å². The van der Waals surface area contributed by atoms with E-state index in [1.54, 1.807) is 0 Å². The first kappa shape index (κ1) is 11.9. The smallest absolute Gasteiger partial charge is 0.111 e. The van der Waals surface area contributed by atoms with Crippen LogP contribution in [0.2, 0.25) is 0 Å². The lowest BCUT2D eigenvalue weighted by molar-refractivity contribution is -0.230. The third-order valence-electron chi connectivity index (χ3n) is 2.56. The van der Waals surface area contributed by atoms with Crippen molar-refractivity contribution in [2.75, 3.05) is 6.61 Å². The lowest BCUT2D eigenvalue weighted by Gasteiger charge is -2.40. The molecule has 84 valence electrons. The van der Waals surface area contributed by atoms with Crippen molar-refractivity contribution >= 4 is 0 Å². The van der Waals surface area contributed by atoms with Crippen molar-refractivity contribution in [3.63, 3.8) is 0 Å². The number of hydrogen-bond acceptors (Lipinski definition) is 5. The van der Waals surface area contributed by atoms with Gasteiger partial charge in [-0.05, 0) is 6.42 Å². The topological polar surface area (TPSA) is 90.2 Å². The molecule has 1 fully saturated rings. The van der Waals surface area contributed by atoms with Crippen molar-refractivity contribution in [2.24, 2.45) is 0 Å². The first-order valence-electron chi connectivity index (χ1n) is 4.92. The Bertz CT molecular complexity index is 171. The van der Waals surface area contributed by atoms with Gasteiger partial charge in [0.15, 0.2) is 0 Å². The molecule has 5 heteroatoms. The van der Waals surface area contributed by atoms with Gasteiger partial charge in [0.05, 0.1) is 12.7 Å². The van der Waals surface area contributed by atoms with Crippen LogP contribution in [0.15, 0.2) is 0 Å². The summed E-state index contributed by atoms with van der Waals surface area (Å²) in [4.78, 5) is 0. The molecular formula is C9H18O5. The molecule has 1 saturated heterocycles. The van der Waals surface area contributed by atoms with Gasteiger partial charge in [0.25, 0.3) is 0 Å². The van der Waals surface area contributed by atoms with Gasteiger partial charge >= 0.3 is 0 Å². The zero-order valence-corrected chi connectivity index (χ0v) is 8.21.